The number of carbonyl (C=O) groups is 2. The van der Waals surface area contributed by atoms with Crippen molar-refractivity contribution in [2.45, 2.75) is 45.7 Å². The van der Waals surface area contributed by atoms with Crippen LogP contribution < -0.4 is 4.74 Å². The van der Waals surface area contributed by atoms with E-state index in [1.54, 1.807) is 36.4 Å². The number of carbonyl (C=O) groups excluding carboxylic acids is 2. The predicted octanol–water partition coefficient (Wildman–Crippen LogP) is 6.14. The number of ketones is 1. The summed E-state index contributed by atoms with van der Waals surface area (Å²) in [5.74, 6) is -1.58. The van der Waals surface area contributed by atoms with Crippen LogP contribution in [0.2, 0.25) is 0 Å². The van der Waals surface area contributed by atoms with Crippen LogP contribution in [0.3, 0.4) is 0 Å². The lowest BCUT2D eigenvalue weighted by molar-refractivity contribution is -0.140. The minimum atomic E-state index is -0.806. The zero-order valence-corrected chi connectivity index (χ0v) is 20.9. The minimum absolute atomic E-state index is 0.0132. The summed E-state index contributed by atoms with van der Waals surface area (Å²) in [7, 11) is 0. The highest BCUT2D eigenvalue weighted by molar-refractivity contribution is 6.46. The van der Waals surface area contributed by atoms with Crippen LogP contribution in [0.1, 0.15) is 56.0 Å². The van der Waals surface area contributed by atoms with Gasteiger partial charge in [0.2, 0.25) is 0 Å². The number of Topliss-reactive ketones (excluding diaryl/α,β-unsaturated/α-hetero) is 1. The zero-order valence-electron chi connectivity index (χ0n) is 20.9. The van der Waals surface area contributed by atoms with Crippen LogP contribution in [0.4, 0.5) is 4.39 Å². The van der Waals surface area contributed by atoms with E-state index in [1.165, 1.54) is 17.0 Å². The molecule has 36 heavy (non-hydrogen) atoms. The fourth-order valence-corrected chi connectivity index (χ4v) is 4.40. The molecular formula is C30H30FNO4. The molecule has 6 heteroatoms. The molecule has 186 valence electrons. The van der Waals surface area contributed by atoms with Crippen molar-refractivity contribution >= 4 is 17.4 Å². The van der Waals surface area contributed by atoms with Gasteiger partial charge in [-0.15, -0.1) is 0 Å². The number of rotatable bonds is 6. The maximum absolute atomic E-state index is 13.5. The summed E-state index contributed by atoms with van der Waals surface area (Å²) in [5, 5.41) is 11.3. The average molecular weight is 488 g/mol. The van der Waals surface area contributed by atoms with Gasteiger partial charge in [-0.2, -0.15) is 0 Å². The standard InChI is InChI=1S/C30H30FNO4/c1-5-36-24-8-6-7-21(17-24)27(33)25-26(20-11-13-22(14-12-20)30(2,3)4)32(29(35)28(25)34)18-19-9-15-23(31)16-10-19/h6-17,26,33H,5,18H2,1-4H3/b27-25-. The second kappa shape index (κ2) is 9.97. The van der Waals surface area contributed by atoms with Gasteiger partial charge < -0.3 is 14.7 Å². The van der Waals surface area contributed by atoms with Gasteiger partial charge >= 0.3 is 0 Å². The van der Waals surface area contributed by atoms with Crippen molar-refractivity contribution in [3.05, 3.63) is 106 Å². The van der Waals surface area contributed by atoms with Gasteiger partial charge in [-0.3, -0.25) is 9.59 Å². The molecular weight excluding hydrogens is 457 g/mol. The molecule has 0 radical (unpaired) electrons. The molecule has 0 aliphatic carbocycles. The highest BCUT2D eigenvalue weighted by Crippen LogP contribution is 2.41. The number of ether oxygens (including phenoxy) is 1. The molecule has 0 bridgehead atoms. The number of likely N-dealkylation sites (tertiary alicyclic amines) is 1. The zero-order chi connectivity index (χ0) is 26.0. The summed E-state index contributed by atoms with van der Waals surface area (Å²) in [6, 6.07) is 19.5. The molecule has 1 fully saturated rings. The van der Waals surface area contributed by atoms with Crippen molar-refractivity contribution in [3.8, 4) is 5.75 Å². The van der Waals surface area contributed by atoms with E-state index in [4.69, 9.17) is 4.74 Å². The molecule has 1 unspecified atom stereocenters. The van der Waals surface area contributed by atoms with Crippen LogP contribution in [-0.2, 0) is 21.5 Å². The number of hydrogen-bond donors (Lipinski definition) is 1. The third-order valence-corrected chi connectivity index (χ3v) is 6.32. The molecule has 0 saturated carbocycles. The molecule has 3 aromatic rings. The van der Waals surface area contributed by atoms with Crippen LogP contribution in [0.25, 0.3) is 5.76 Å². The number of nitrogens with zero attached hydrogens (tertiary/aromatic N) is 1. The number of aliphatic hydroxyl groups is 1. The van der Waals surface area contributed by atoms with Gasteiger partial charge in [-0.1, -0.05) is 69.3 Å². The fraction of sp³-hybridized carbons (Fsp3) is 0.267. The van der Waals surface area contributed by atoms with Gasteiger partial charge in [0.05, 0.1) is 18.2 Å². The number of benzene rings is 3. The van der Waals surface area contributed by atoms with Crippen LogP contribution in [-0.4, -0.2) is 28.3 Å². The molecule has 1 saturated heterocycles. The van der Waals surface area contributed by atoms with E-state index in [-0.39, 0.29) is 29.1 Å². The van der Waals surface area contributed by atoms with Crippen molar-refractivity contribution in [1.82, 2.24) is 4.90 Å². The summed E-state index contributed by atoms with van der Waals surface area (Å²) in [6.45, 7) is 8.71. The topological polar surface area (TPSA) is 66.8 Å². The van der Waals surface area contributed by atoms with E-state index in [1.807, 2.05) is 31.2 Å². The van der Waals surface area contributed by atoms with E-state index >= 15 is 0 Å². The fourth-order valence-electron chi connectivity index (χ4n) is 4.40. The quantitative estimate of drug-likeness (QED) is 0.258. The second-order valence-corrected chi connectivity index (χ2v) is 9.89. The highest BCUT2D eigenvalue weighted by atomic mass is 19.1. The number of amides is 1. The first-order chi connectivity index (χ1) is 17.1. The van der Waals surface area contributed by atoms with Crippen molar-refractivity contribution < 1.29 is 23.8 Å². The summed E-state index contributed by atoms with van der Waals surface area (Å²) in [4.78, 5) is 28.0. The van der Waals surface area contributed by atoms with Crippen LogP contribution >= 0.6 is 0 Å². The third kappa shape index (κ3) is 5.03. The molecule has 1 aliphatic heterocycles. The molecule has 0 aromatic heterocycles. The van der Waals surface area contributed by atoms with Gasteiger partial charge in [-0.05, 0) is 53.3 Å². The van der Waals surface area contributed by atoms with E-state index in [0.717, 1.165) is 5.56 Å². The lowest BCUT2D eigenvalue weighted by atomic mass is 9.85. The Morgan fingerprint density at radius 1 is 1.00 bits per heavy atom. The molecule has 1 atom stereocenters. The molecule has 3 aromatic carbocycles. The molecule has 1 aliphatic rings. The minimum Gasteiger partial charge on any atom is -0.507 e. The molecule has 0 spiro atoms. The maximum Gasteiger partial charge on any atom is 0.295 e. The Balaban J connectivity index is 1.84. The van der Waals surface area contributed by atoms with Crippen molar-refractivity contribution in [3.63, 3.8) is 0 Å². The monoisotopic (exact) mass is 487 g/mol. The molecule has 5 nitrogen and oxygen atoms in total. The first kappa shape index (κ1) is 25.2. The Kier molecular flexibility index (Phi) is 6.97. The van der Waals surface area contributed by atoms with Crippen LogP contribution in [0, 0.1) is 5.82 Å². The van der Waals surface area contributed by atoms with Gasteiger partial charge in [-0.25, -0.2) is 4.39 Å². The largest absolute Gasteiger partial charge is 0.507 e. The van der Waals surface area contributed by atoms with Gasteiger partial charge in [0, 0.05) is 12.1 Å². The summed E-state index contributed by atoms with van der Waals surface area (Å²) in [6.07, 6.45) is 0. The van der Waals surface area contributed by atoms with Crippen molar-refractivity contribution in [2.75, 3.05) is 6.61 Å². The molecule has 1 amide bonds. The Morgan fingerprint density at radius 2 is 1.67 bits per heavy atom. The van der Waals surface area contributed by atoms with E-state index in [9.17, 15) is 19.1 Å². The molecule has 4 rings (SSSR count). The Hall–Kier alpha value is -3.93. The van der Waals surface area contributed by atoms with Crippen molar-refractivity contribution in [2.24, 2.45) is 0 Å². The number of halogens is 1. The lowest BCUT2D eigenvalue weighted by Gasteiger charge is -2.26. The Bertz CT molecular complexity index is 1300. The van der Waals surface area contributed by atoms with E-state index < -0.39 is 17.7 Å². The molecule has 1 N–H and O–H groups in total. The van der Waals surface area contributed by atoms with Crippen LogP contribution in [0.15, 0.2) is 78.4 Å². The lowest BCUT2D eigenvalue weighted by Crippen LogP contribution is -2.29. The third-order valence-electron chi connectivity index (χ3n) is 6.32. The van der Waals surface area contributed by atoms with Crippen molar-refractivity contribution in [1.29, 1.82) is 0 Å². The first-order valence-corrected chi connectivity index (χ1v) is 12.0. The molecule has 1 heterocycles. The Labute approximate surface area is 210 Å². The van der Waals surface area contributed by atoms with E-state index in [0.29, 0.717) is 29.0 Å². The van der Waals surface area contributed by atoms with Gasteiger partial charge in [0.25, 0.3) is 11.7 Å². The van der Waals surface area contributed by atoms with E-state index in [2.05, 4.69) is 20.8 Å². The number of hydrogen-bond acceptors (Lipinski definition) is 4. The maximum atomic E-state index is 13.5. The average Bonchev–Trinajstić information content (AvgIpc) is 3.10. The summed E-state index contributed by atoms with van der Waals surface area (Å²) in [5.41, 5.74) is 2.80. The van der Waals surface area contributed by atoms with Gasteiger partial charge in [0.1, 0.15) is 17.3 Å². The van der Waals surface area contributed by atoms with Crippen LogP contribution in [0.5, 0.6) is 5.75 Å². The second-order valence-electron chi connectivity index (χ2n) is 9.89. The van der Waals surface area contributed by atoms with Gasteiger partial charge in [0.15, 0.2) is 0 Å². The SMILES string of the molecule is CCOc1cccc(/C(O)=C2/C(=O)C(=O)N(Cc3ccc(F)cc3)C2c2ccc(C(C)(C)C)cc2)c1. The summed E-state index contributed by atoms with van der Waals surface area (Å²) >= 11 is 0. The highest BCUT2D eigenvalue weighted by Gasteiger charge is 2.46. The first-order valence-electron chi connectivity index (χ1n) is 12.0. The predicted molar refractivity (Wildman–Crippen MR) is 137 cm³/mol. The Morgan fingerprint density at radius 3 is 2.28 bits per heavy atom. The summed E-state index contributed by atoms with van der Waals surface area (Å²) < 4.78 is 19.0. The smallest absolute Gasteiger partial charge is 0.295 e. The normalized spacial score (nSPS) is 17.5. The number of aliphatic hydroxyl groups excluding tert-OH is 1.